The van der Waals surface area contributed by atoms with E-state index in [1.54, 1.807) is 12.1 Å². The lowest BCUT2D eigenvalue weighted by atomic mass is 10.1. The first kappa shape index (κ1) is 13.6. The fourth-order valence-electron chi connectivity index (χ4n) is 2.37. The van der Waals surface area contributed by atoms with Crippen LogP contribution in [0.5, 0.6) is 5.75 Å². The zero-order valence-corrected chi connectivity index (χ0v) is 11.0. The van der Waals surface area contributed by atoms with Crippen LogP contribution in [0.4, 0.5) is 11.4 Å². The highest BCUT2D eigenvalue weighted by atomic mass is 16.6. The second-order valence-corrected chi connectivity index (χ2v) is 4.69. The smallest absolute Gasteiger partial charge is 0.311 e. The van der Waals surface area contributed by atoms with Crippen LogP contribution in [0.25, 0.3) is 0 Å². The Morgan fingerprint density at radius 2 is 2.37 bits per heavy atom. The van der Waals surface area contributed by atoms with Gasteiger partial charge in [-0.2, -0.15) is 0 Å². The summed E-state index contributed by atoms with van der Waals surface area (Å²) in [5.41, 5.74) is 6.90. The maximum absolute atomic E-state index is 10.9. The molecule has 1 fully saturated rings. The quantitative estimate of drug-likeness (QED) is 0.664. The minimum Gasteiger partial charge on any atom is -0.487 e. The molecule has 1 aliphatic rings. The molecule has 0 aliphatic carbocycles. The van der Waals surface area contributed by atoms with Gasteiger partial charge in [-0.1, -0.05) is 0 Å². The van der Waals surface area contributed by atoms with E-state index in [1.807, 2.05) is 6.92 Å². The van der Waals surface area contributed by atoms with E-state index in [9.17, 15) is 10.1 Å². The summed E-state index contributed by atoms with van der Waals surface area (Å²) in [6, 6.07) is 5.17. The zero-order valence-electron chi connectivity index (χ0n) is 11.0. The van der Waals surface area contributed by atoms with Gasteiger partial charge in [0.25, 0.3) is 0 Å². The fourth-order valence-corrected chi connectivity index (χ4v) is 2.37. The summed E-state index contributed by atoms with van der Waals surface area (Å²) in [6.45, 7) is 3.93. The topological polar surface area (TPSA) is 81.6 Å². The van der Waals surface area contributed by atoms with E-state index in [0.29, 0.717) is 12.4 Å². The van der Waals surface area contributed by atoms with Crippen molar-refractivity contribution in [2.24, 2.45) is 5.73 Å². The largest absolute Gasteiger partial charge is 0.487 e. The summed E-state index contributed by atoms with van der Waals surface area (Å²) in [6.07, 6.45) is 2.07. The van der Waals surface area contributed by atoms with Gasteiger partial charge in [0.1, 0.15) is 0 Å². The van der Waals surface area contributed by atoms with Crippen LogP contribution in [-0.2, 0) is 0 Å². The third kappa shape index (κ3) is 3.14. The number of piperidine rings is 1. The molecule has 2 rings (SSSR count). The first-order valence-corrected chi connectivity index (χ1v) is 6.53. The number of anilines is 1. The summed E-state index contributed by atoms with van der Waals surface area (Å²) in [5.74, 6) is 0.323. The van der Waals surface area contributed by atoms with Gasteiger partial charge in [-0.05, 0) is 25.8 Å². The van der Waals surface area contributed by atoms with Crippen LogP contribution >= 0.6 is 0 Å². The molecule has 0 bridgehead atoms. The zero-order chi connectivity index (χ0) is 13.8. The number of nitrogens with two attached hydrogens (primary N) is 1. The van der Waals surface area contributed by atoms with Crippen molar-refractivity contribution in [3.63, 3.8) is 0 Å². The molecule has 1 heterocycles. The molecular formula is C13H19N3O3. The molecule has 6 nitrogen and oxygen atoms in total. The molecule has 0 unspecified atom stereocenters. The van der Waals surface area contributed by atoms with Gasteiger partial charge >= 0.3 is 5.69 Å². The van der Waals surface area contributed by atoms with Crippen molar-refractivity contribution in [1.29, 1.82) is 0 Å². The second kappa shape index (κ2) is 5.88. The maximum Gasteiger partial charge on any atom is 0.311 e. The Hall–Kier alpha value is -1.82. The molecular weight excluding hydrogens is 246 g/mol. The molecule has 1 aromatic carbocycles. The van der Waals surface area contributed by atoms with E-state index in [-0.39, 0.29) is 11.7 Å². The van der Waals surface area contributed by atoms with Gasteiger partial charge in [0.15, 0.2) is 5.75 Å². The number of hydrogen-bond acceptors (Lipinski definition) is 5. The van der Waals surface area contributed by atoms with Crippen LogP contribution in [0.1, 0.15) is 19.8 Å². The molecule has 0 spiro atoms. The van der Waals surface area contributed by atoms with E-state index in [2.05, 4.69) is 4.90 Å². The van der Waals surface area contributed by atoms with E-state index in [4.69, 9.17) is 10.5 Å². The van der Waals surface area contributed by atoms with Crippen LogP contribution in [0.2, 0.25) is 0 Å². The van der Waals surface area contributed by atoms with Gasteiger partial charge in [-0.3, -0.25) is 10.1 Å². The number of benzene rings is 1. The van der Waals surface area contributed by atoms with E-state index in [1.165, 1.54) is 6.07 Å². The molecule has 0 amide bonds. The number of nitrogens with zero attached hydrogens (tertiary/aromatic N) is 2. The number of nitro groups is 1. The van der Waals surface area contributed by atoms with E-state index >= 15 is 0 Å². The fraction of sp³-hybridized carbons (Fsp3) is 0.538. The van der Waals surface area contributed by atoms with Crippen molar-refractivity contribution in [2.75, 3.05) is 24.6 Å². The summed E-state index contributed by atoms with van der Waals surface area (Å²) in [5, 5.41) is 10.9. The molecule has 1 aromatic rings. The summed E-state index contributed by atoms with van der Waals surface area (Å²) < 4.78 is 5.36. The Bertz CT molecular complexity index is 464. The monoisotopic (exact) mass is 265 g/mol. The molecule has 1 aliphatic heterocycles. The summed E-state index contributed by atoms with van der Waals surface area (Å²) in [7, 11) is 0. The van der Waals surface area contributed by atoms with Crippen LogP contribution in [0.3, 0.4) is 0 Å². The highest BCUT2D eigenvalue weighted by molar-refractivity contribution is 5.59. The molecule has 1 saturated heterocycles. The number of nitro benzene ring substituents is 1. The molecule has 0 aromatic heterocycles. The molecule has 1 atom stereocenters. The molecule has 19 heavy (non-hydrogen) atoms. The lowest BCUT2D eigenvalue weighted by Crippen LogP contribution is -2.42. The molecule has 0 saturated carbocycles. The first-order chi connectivity index (χ1) is 9.11. The Kier molecular flexibility index (Phi) is 4.21. The standard InChI is InChI=1S/C13H19N3O3/c1-2-19-13-8-11(5-6-12(13)16(17)18)15-7-3-4-10(14)9-15/h5-6,8,10H,2-4,7,9,14H2,1H3/t10-/m1/s1. The number of rotatable bonds is 4. The number of ether oxygens (including phenoxy) is 1. The van der Waals surface area contributed by atoms with Crippen molar-refractivity contribution in [2.45, 2.75) is 25.8 Å². The van der Waals surface area contributed by atoms with Gasteiger partial charge in [-0.25, -0.2) is 0 Å². The predicted molar refractivity (Wildman–Crippen MR) is 73.7 cm³/mol. The Morgan fingerprint density at radius 1 is 1.58 bits per heavy atom. The average Bonchev–Trinajstić information content (AvgIpc) is 2.39. The van der Waals surface area contributed by atoms with Crippen molar-refractivity contribution < 1.29 is 9.66 Å². The third-order valence-corrected chi connectivity index (χ3v) is 3.26. The Balaban J connectivity index is 2.26. The van der Waals surface area contributed by atoms with E-state index in [0.717, 1.165) is 31.6 Å². The maximum atomic E-state index is 10.9. The Labute approximate surface area is 112 Å². The van der Waals surface area contributed by atoms with Gasteiger partial charge in [0.2, 0.25) is 0 Å². The van der Waals surface area contributed by atoms with Crippen LogP contribution in [0, 0.1) is 10.1 Å². The Morgan fingerprint density at radius 3 is 3.00 bits per heavy atom. The van der Waals surface area contributed by atoms with Crippen LogP contribution < -0.4 is 15.4 Å². The third-order valence-electron chi connectivity index (χ3n) is 3.26. The van der Waals surface area contributed by atoms with Crippen molar-refractivity contribution in [3.8, 4) is 5.75 Å². The van der Waals surface area contributed by atoms with Crippen molar-refractivity contribution in [3.05, 3.63) is 28.3 Å². The average molecular weight is 265 g/mol. The summed E-state index contributed by atoms with van der Waals surface area (Å²) >= 11 is 0. The van der Waals surface area contributed by atoms with E-state index < -0.39 is 4.92 Å². The lowest BCUT2D eigenvalue weighted by molar-refractivity contribution is -0.385. The SMILES string of the molecule is CCOc1cc(N2CCC[C@@H](N)C2)ccc1[N+](=O)[O-]. The van der Waals surface area contributed by atoms with Crippen molar-refractivity contribution >= 4 is 11.4 Å². The van der Waals surface area contributed by atoms with Crippen molar-refractivity contribution in [1.82, 2.24) is 0 Å². The first-order valence-electron chi connectivity index (χ1n) is 6.53. The molecule has 6 heteroatoms. The second-order valence-electron chi connectivity index (χ2n) is 4.69. The predicted octanol–water partition coefficient (Wildman–Crippen LogP) is 1.92. The highest BCUT2D eigenvalue weighted by Crippen LogP contribution is 2.32. The minimum atomic E-state index is -0.420. The summed E-state index contributed by atoms with van der Waals surface area (Å²) in [4.78, 5) is 12.7. The lowest BCUT2D eigenvalue weighted by Gasteiger charge is -2.32. The minimum absolute atomic E-state index is 0.00640. The highest BCUT2D eigenvalue weighted by Gasteiger charge is 2.21. The number of hydrogen-bond donors (Lipinski definition) is 1. The normalized spacial score (nSPS) is 19.3. The van der Waals surface area contributed by atoms with Gasteiger partial charge < -0.3 is 15.4 Å². The van der Waals surface area contributed by atoms with Gasteiger partial charge in [0, 0.05) is 37.0 Å². The molecule has 0 radical (unpaired) electrons. The molecule has 2 N–H and O–H groups in total. The molecule has 104 valence electrons. The van der Waals surface area contributed by atoms with Crippen LogP contribution in [0.15, 0.2) is 18.2 Å². The van der Waals surface area contributed by atoms with Crippen LogP contribution in [-0.4, -0.2) is 30.7 Å². The van der Waals surface area contributed by atoms with Gasteiger partial charge in [-0.15, -0.1) is 0 Å². The van der Waals surface area contributed by atoms with Gasteiger partial charge in [0.05, 0.1) is 11.5 Å².